The Kier molecular flexibility index (Phi) is 3.87. The number of aryl methyl sites for hydroxylation is 1. The summed E-state index contributed by atoms with van der Waals surface area (Å²) in [6.45, 7) is 2.64. The van der Waals surface area contributed by atoms with Crippen molar-refractivity contribution in [1.82, 2.24) is 20.1 Å². The highest BCUT2D eigenvalue weighted by atomic mass is 35.5. The molecule has 2 heterocycles. The molecule has 2 aromatic heterocycles. The lowest BCUT2D eigenvalue weighted by Crippen LogP contribution is -2.08. The van der Waals surface area contributed by atoms with E-state index in [0.29, 0.717) is 29.8 Å². The topological polar surface area (TPSA) is 76.7 Å². The number of hydrogen-bond donors (Lipinski definition) is 1. The van der Waals surface area contributed by atoms with Crippen LogP contribution in [-0.4, -0.2) is 26.7 Å². The van der Waals surface area contributed by atoms with Crippen LogP contribution < -0.4 is 5.32 Å². The van der Waals surface area contributed by atoms with Gasteiger partial charge in [-0.1, -0.05) is 23.7 Å². The van der Waals surface area contributed by atoms with Gasteiger partial charge in [-0.3, -0.25) is 0 Å². The lowest BCUT2D eigenvalue weighted by atomic mass is 10.4. The molecule has 0 saturated heterocycles. The first kappa shape index (κ1) is 11.8. The minimum Gasteiger partial charge on any atom is -0.369 e. The van der Waals surface area contributed by atoms with Crippen molar-refractivity contribution in [3.8, 4) is 0 Å². The van der Waals surface area contributed by atoms with Gasteiger partial charge in [-0.2, -0.15) is 4.98 Å². The number of nitrogens with one attached hydrogen (secondary N) is 1. The summed E-state index contributed by atoms with van der Waals surface area (Å²) in [5.74, 6) is 2.10. The van der Waals surface area contributed by atoms with Crippen LogP contribution in [0, 0.1) is 0 Å². The molecule has 0 fully saturated rings. The highest BCUT2D eigenvalue weighted by Crippen LogP contribution is 2.11. The molecule has 0 spiro atoms. The van der Waals surface area contributed by atoms with Crippen molar-refractivity contribution in [2.24, 2.45) is 0 Å². The van der Waals surface area contributed by atoms with Crippen LogP contribution in [0.15, 0.2) is 17.0 Å². The third-order valence-electron chi connectivity index (χ3n) is 2.12. The molecule has 0 aromatic carbocycles. The minimum absolute atomic E-state index is 0.443. The molecule has 0 unspecified atom stereocenters. The van der Waals surface area contributed by atoms with Crippen molar-refractivity contribution in [3.63, 3.8) is 0 Å². The number of anilines is 1. The van der Waals surface area contributed by atoms with Gasteiger partial charge in [-0.05, 0) is 0 Å². The second kappa shape index (κ2) is 5.58. The van der Waals surface area contributed by atoms with Crippen molar-refractivity contribution in [1.29, 1.82) is 0 Å². The molecule has 0 aliphatic rings. The Labute approximate surface area is 103 Å². The van der Waals surface area contributed by atoms with E-state index < -0.39 is 0 Å². The van der Waals surface area contributed by atoms with Gasteiger partial charge >= 0.3 is 0 Å². The van der Waals surface area contributed by atoms with Crippen LogP contribution >= 0.6 is 11.6 Å². The molecular weight excluding hydrogens is 242 g/mol. The summed E-state index contributed by atoms with van der Waals surface area (Å²) in [5.41, 5.74) is 0. The van der Waals surface area contributed by atoms with Crippen LogP contribution in [0.5, 0.6) is 0 Å². The van der Waals surface area contributed by atoms with E-state index >= 15 is 0 Å². The first-order valence-corrected chi connectivity index (χ1v) is 5.68. The molecule has 17 heavy (non-hydrogen) atoms. The molecule has 0 radical (unpaired) electrons. The number of rotatable bonds is 5. The van der Waals surface area contributed by atoms with E-state index in [1.165, 1.54) is 6.39 Å². The molecule has 0 bridgehead atoms. The SMILES string of the molecule is CCc1nc(Cl)cc(NCCc2ncon2)n1. The normalized spacial score (nSPS) is 10.5. The molecular formula is C10H12ClN5O. The van der Waals surface area contributed by atoms with Crippen molar-refractivity contribution < 1.29 is 4.52 Å². The van der Waals surface area contributed by atoms with Crippen LogP contribution in [0.4, 0.5) is 5.82 Å². The second-order valence-corrected chi connectivity index (χ2v) is 3.76. The van der Waals surface area contributed by atoms with E-state index in [9.17, 15) is 0 Å². The van der Waals surface area contributed by atoms with Crippen molar-refractivity contribution in [2.45, 2.75) is 19.8 Å². The quantitative estimate of drug-likeness (QED) is 0.818. The van der Waals surface area contributed by atoms with E-state index in [1.807, 2.05) is 6.92 Å². The van der Waals surface area contributed by atoms with E-state index in [-0.39, 0.29) is 0 Å². The maximum Gasteiger partial charge on any atom is 0.213 e. The fourth-order valence-electron chi connectivity index (χ4n) is 1.32. The second-order valence-electron chi connectivity index (χ2n) is 3.37. The predicted molar refractivity (Wildman–Crippen MR) is 62.9 cm³/mol. The molecule has 90 valence electrons. The van der Waals surface area contributed by atoms with E-state index in [4.69, 9.17) is 11.6 Å². The average Bonchev–Trinajstić information content (AvgIpc) is 2.81. The van der Waals surface area contributed by atoms with Gasteiger partial charge in [0, 0.05) is 25.5 Å². The molecule has 7 heteroatoms. The first-order valence-electron chi connectivity index (χ1n) is 5.30. The van der Waals surface area contributed by atoms with Crippen LogP contribution in [-0.2, 0) is 12.8 Å². The van der Waals surface area contributed by atoms with Gasteiger partial charge < -0.3 is 9.84 Å². The average molecular weight is 254 g/mol. The molecule has 0 aliphatic carbocycles. The summed E-state index contributed by atoms with van der Waals surface area (Å²) in [5, 5.41) is 7.30. The van der Waals surface area contributed by atoms with Crippen molar-refractivity contribution in [3.05, 3.63) is 29.3 Å². The highest BCUT2D eigenvalue weighted by Gasteiger charge is 2.02. The Hall–Kier alpha value is -1.69. The largest absolute Gasteiger partial charge is 0.369 e. The third-order valence-corrected chi connectivity index (χ3v) is 2.31. The Bertz CT molecular complexity index is 474. The molecule has 2 aromatic rings. The Balaban J connectivity index is 1.92. The Morgan fingerprint density at radius 3 is 2.94 bits per heavy atom. The predicted octanol–water partition coefficient (Wildman–Crippen LogP) is 1.73. The number of nitrogens with zero attached hydrogens (tertiary/aromatic N) is 4. The maximum atomic E-state index is 5.88. The van der Waals surface area contributed by atoms with Crippen LogP contribution in [0.25, 0.3) is 0 Å². The summed E-state index contributed by atoms with van der Waals surface area (Å²) in [4.78, 5) is 12.3. The van der Waals surface area contributed by atoms with Crippen LogP contribution in [0.2, 0.25) is 5.15 Å². The summed E-state index contributed by atoms with van der Waals surface area (Å²) < 4.78 is 4.64. The number of hydrogen-bond acceptors (Lipinski definition) is 6. The van der Waals surface area contributed by atoms with Gasteiger partial charge in [0.15, 0.2) is 5.82 Å². The Morgan fingerprint density at radius 1 is 1.35 bits per heavy atom. The maximum absolute atomic E-state index is 5.88. The molecule has 0 aliphatic heterocycles. The fourth-order valence-corrected chi connectivity index (χ4v) is 1.52. The molecule has 0 saturated carbocycles. The lowest BCUT2D eigenvalue weighted by Gasteiger charge is -2.05. The van der Waals surface area contributed by atoms with Gasteiger partial charge in [-0.25, -0.2) is 9.97 Å². The van der Waals surface area contributed by atoms with E-state index in [1.54, 1.807) is 6.07 Å². The molecule has 0 amide bonds. The van der Waals surface area contributed by atoms with Gasteiger partial charge in [-0.15, -0.1) is 0 Å². The lowest BCUT2D eigenvalue weighted by molar-refractivity contribution is 0.410. The minimum atomic E-state index is 0.443. The highest BCUT2D eigenvalue weighted by molar-refractivity contribution is 6.29. The molecule has 2 rings (SSSR count). The molecule has 6 nitrogen and oxygen atoms in total. The zero-order chi connectivity index (χ0) is 12.1. The van der Waals surface area contributed by atoms with E-state index in [2.05, 4.69) is 29.9 Å². The van der Waals surface area contributed by atoms with Crippen LogP contribution in [0.3, 0.4) is 0 Å². The summed E-state index contributed by atoms with van der Waals surface area (Å²) in [7, 11) is 0. The number of aromatic nitrogens is 4. The van der Waals surface area contributed by atoms with Gasteiger partial charge in [0.05, 0.1) is 0 Å². The zero-order valence-corrected chi connectivity index (χ0v) is 10.1. The summed E-state index contributed by atoms with van der Waals surface area (Å²) in [6, 6.07) is 1.69. The monoisotopic (exact) mass is 253 g/mol. The summed E-state index contributed by atoms with van der Waals surface area (Å²) in [6.07, 6.45) is 2.73. The number of halogens is 1. The first-order chi connectivity index (χ1) is 8.28. The van der Waals surface area contributed by atoms with Gasteiger partial charge in [0.25, 0.3) is 0 Å². The van der Waals surface area contributed by atoms with Gasteiger partial charge in [0.1, 0.15) is 16.8 Å². The molecule has 1 N–H and O–H groups in total. The zero-order valence-electron chi connectivity index (χ0n) is 9.35. The fraction of sp³-hybridized carbons (Fsp3) is 0.400. The standard InChI is InChI=1S/C10H12ClN5O/c1-2-8-14-7(11)5-10(15-8)12-4-3-9-13-6-17-16-9/h5-6H,2-4H2,1H3,(H,12,14,15). The third kappa shape index (κ3) is 3.39. The molecule has 0 atom stereocenters. The van der Waals surface area contributed by atoms with Gasteiger partial charge in [0.2, 0.25) is 6.39 Å². The van der Waals surface area contributed by atoms with Crippen LogP contribution in [0.1, 0.15) is 18.6 Å². The van der Waals surface area contributed by atoms with Crippen molar-refractivity contribution in [2.75, 3.05) is 11.9 Å². The Morgan fingerprint density at radius 2 is 2.24 bits per heavy atom. The van der Waals surface area contributed by atoms with E-state index in [0.717, 1.165) is 12.2 Å². The van der Waals surface area contributed by atoms with Crippen molar-refractivity contribution >= 4 is 17.4 Å². The smallest absolute Gasteiger partial charge is 0.213 e. The summed E-state index contributed by atoms with van der Waals surface area (Å²) >= 11 is 5.88.